The fourth-order valence-electron chi connectivity index (χ4n) is 2.95. The van der Waals surface area contributed by atoms with E-state index in [9.17, 15) is 8.42 Å². The molecule has 0 fully saturated rings. The van der Waals surface area contributed by atoms with Crippen LogP contribution in [0.1, 0.15) is 37.5 Å². The van der Waals surface area contributed by atoms with E-state index in [2.05, 4.69) is 51.7 Å². The molecule has 0 aromatic heterocycles. The van der Waals surface area contributed by atoms with Crippen LogP contribution in [0.4, 0.5) is 0 Å². The van der Waals surface area contributed by atoms with E-state index in [0.29, 0.717) is 24.6 Å². The van der Waals surface area contributed by atoms with Gasteiger partial charge in [-0.25, -0.2) is 13.1 Å². The molecule has 0 atom stereocenters. The van der Waals surface area contributed by atoms with E-state index in [4.69, 9.17) is 0 Å². The van der Waals surface area contributed by atoms with Crippen LogP contribution in [0.3, 0.4) is 0 Å². The Kier molecular flexibility index (Phi) is 8.34. The highest BCUT2D eigenvalue weighted by Gasteiger charge is 2.24. The summed E-state index contributed by atoms with van der Waals surface area (Å²) in [6, 6.07) is 13.4. The molecule has 2 rings (SSSR count). The molecule has 8 heteroatoms. The first kappa shape index (κ1) is 24.2. The number of aliphatic imine (C=N–C) groups is 1. The number of nitrogens with zero attached hydrogens (tertiary/aromatic N) is 1. The predicted molar refractivity (Wildman–Crippen MR) is 127 cm³/mol. The Balaban J connectivity index is 2.09. The second-order valence-electron chi connectivity index (χ2n) is 8.06. The number of hydrogen-bond donors (Lipinski definition) is 3. The molecule has 2 aromatic rings. The molecule has 0 unspecified atom stereocenters. The van der Waals surface area contributed by atoms with Crippen molar-refractivity contribution in [2.75, 3.05) is 13.3 Å². The maximum atomic E-state index is 12.8. The summed E-state index contributed by atoms with van der Waals surface area (Å²) in [4.78, 5) is 5.76. The van der Waals surface area contributed by atoms with Crippen LogP contribution in [0.5, 0.6) is 0 Å². The van der Waals surface area contributed by atoms with Gasteiger partial charge in [0, 0.05) is 30.6 Å². The van der Waals surface area contributed by atoms with Gasteiger partial charge >= 0.3 is 0 Å². The van der Waals surface area contributed by atoms with Gasteiger partial charge in [-0.1, -0.05) is 30.3 Å². The summed E-state index contributed by atoms with van der Waals surface area (Å²) in [6.07, 6.45) is 2.06. The largest absolute Gasteiger partial charge is 0.352 e. The van der Waals surface area contributed by atoms with Gasteiger partial charge in [0.1, 0.15) is 0 Å². The molecule has 6 nitrogen and oxygen atoms in total. The third-order valence-corrected chi connectivity index (χ3v) is 6.94. The fraction of sp³-hybridized carbons (Fsp3) is 0.409. The van der Waals surface area contributed by atoms with Crippen LogP contribution in [0.25, 0.3) is 0 Å². The molecule has 0 radical (unpaired) electrons. The molecule has 0 heterocycles. The van der Waals surface area contributed by atoms with E-state index in [1.165, 1.54) is 16.0 Å². The smallest absolute Gasteiger partial charge is 0.241 e. The molecule has 0 saturated heterocycles. The van der Waals surface area contributed by atoms with Gasteiger partial charge in [0.25, 0.3) is 0 Å². The molecule has 0 aliphatic rings. The fourth-order valence-corrected chi connectivity index (χ4v) is 5.31. The summed E-state index contributed by atoms with van der Waals surface area (Å²) < 4.78 is 28.3. The number of sulfonamides is 1. The Morgan fingerprint density at radius 2 is 1.67 bits per heavy atom. The standard InChI is InChI=1S/C22H32N4O2S2/c1-16-11-12-17(19(13-16)29-6)14-24-21(23-5)25-15-18-9-7-8-10-20(18)30(27,28)26-22(2,3)4/h7-13,26H,14-15H2,1-6H3,(H2,23,24,25). The minimum absolute atomic E-state index is 0.270. The second kappa shape index (κ2) is 10.3. The van der Waals surface area contributed by atoms with E-state index in [1.807, 2.05) is 32.9 Å². The first-order valence-corrected chi connectivity index (χ1v) is 12.5. The van der Waals surface area contributed by atoms with Crippen molar-refractivity contribution in [2.45, 2.75) is 56.1 Å². The van der Waals surface area contributed by atoms with Crippen molar-refractivity contribution in [3.05, 3.63) is 59.2 Å². The molecule has 0 bridgehead atoms. The Morgan fingerprint density at radius 1 is 1.03 bits per heavy atom. The van der Waals surface area contributed by atoms with Crippen LogP contribution >= 0.6 is 11.8 Å². The maximum absolute atomic E-state index is 12.8. The first-order valence-electron chi connectivity index (χ1n) is 9.75. The van der Waals surface area contributed by atoms with E-state index >= 15 is 0 Å². The van der Waals surface area contributed by atoms with Crippen molar-refractivity contribution >= 4 is 27.7 Å². The van der Waals surface area contributed by atoms with Gasteiger partial charge in [-0.05, 0) is 62.8 Å². The topological polar surface area (TPSA) is 82.6 Å². The summed E-state index contributed by atoms with van der Waals surface area (Å²) in [5.41, 5.74) is 2.54. The zero-order chi connectivity index (χ0) is 22.4. The minimum Gasteiger partial charge on any atom is -0.352 e. The lowest BCUT2D eigenvalue weighted by molar-refractivity contribution is 0.491. The van der Waals surface area contributed by atoms with Crippen LogP contribution in [0.2, 0.25) is 0 Å². The summed E-state index contributed by atoms with van der Waals surface area (Å²) in [7, 11) is -1.93. The third kappa shape index (κ3) is 7.04. The molecular weight excluding hydrogens is 416 g/mol. The van der Waals surface area contributed by atoms with Gasteiger partial charge in [0.15, 0.2) is 5.96 Å². The molecule has 0 spiro atoms. The van der Waals surface area contributed by atoms with E-state index in [0.717, 1.165) is 0 Å². The molecule has 0 aliphatic carbocycles. The number of rotatable bonds is 7. The molecule has 2 aromatic carbocycles. The van der Waals surface area contributed by atoms with Gasteiger partial charge in [-0.15, -0.1) is 11.8 Å². The number of benzene rings is 2. The van der Waals surface area contributed by atoms with E-state index < -0.39 is 15.6 Å². The Hall–Kier alpha value is -2.03. The monoisotopic (exact) mass is 448 g/mol. The molecule has 3 N–H and O–H groups in total. The van der Waals surface area contributed by atoms with Crippen LogP contribution < -0.4 is 15.4 Å². The highest BCUT2D eigenvalue weighted by molar-refractivity contribution is 7.98. The quantitative estimate of drug-likeness (QED) is 0.342. The van der Waals surface area contributed by atoms with Gasteiger partial charge < -0.3 is 10.6 Å². The zero-order valence-electron chi connectivity index (χ0n) is 18.5. The van der Waals surface area contributed by atoms with Gasteiger partial charge in [0.05, 0.1) is 4.90 Å². The molecule has 164 valence electrons. The average Bonchev–Trinajstić information content (AvgIpc) is 2.67. The lowest BCUT2D eigenvalue weighted by atomic mass is 10.1. The van der Waals surface area contributed by atoms with Crippen LogP contribution in [0.15, 0.2) is 57.2 Å². The predicted octanol–water partition coefficient (Wildman–Crippen LogP) is 3.66. The first-order chi connectivity index (χ1) is 14.1. The van der Waals surface area contributed by atoms with Crippen molar-refractivity contribution in [1.82, 2.24) is 15.4 Å². The summed E-state index contributed by atoms with van der Waals surface area (Å²) >= 11 is 1.71. The van der Waals surface area contributed by atoms with Crippen molar-refractivity contribution in [1.29, 1.82) is 0 Å². The Bertz CT molecular complexity index is 996. The van der Waals surface area contributed by atoms with Crippen molar-refractivity contribution in [3.63, 3.8) is 0 Å². The van der Waals surface area contributed by atoms with Crippen molar-refractivity contribution in [2.24, 2.45) is 4.99 Å². The van der Waals surface area contributed by atoms with E-state index in [-0.39, 0.29) is 4.90 Å². The highest BCUT2D eigenvalue weighted by atomic mass is 32.2. The van der Waals surface area contributed by atoms with Crippen LogP contribution in [0, 0.1) is 6.92 Å². The highest BCUT2D eigenvalue weighted by Crippen LogP contribution is 2.22. The number of nitrogens with one attached hydrogen (secondary N) is 3. The Labute approximate surface area is 185 Å². The number of hydrogen-bond acceptors (Lipinski definition) is 4. The summed E-state index contributed by atoms with van der Waals surface area (Å²) in [5, 5.41) is 6.53. The lowest BCUT2D eigenvalue weighted by Crippen LogP contribution is -2.41. The zero-order valence-corrected chi connectivity index (χ0v) is 20.2. The molecule has 0 saturated carbocycles. The third-order valence-electron chi connectivity index (χ3n) is 4.26. The van der Waals surface area contributed by atoms with Crippen molar-refractivity contribution in [3.8, 4) is 0 Å². The van der Waals surface area contributed by atoms with E-state index in [1.54, 1.807) is 30.9 Å². The van der Waals surface area contributed by atoms with Crippen LogP contribution in [-0.2, 0) is 23.1 Å². The number of aryl methyl sites for hydroxylation is 1. The van der Waals surface area contributed by atoms with Crippen LogP contribution in [-0.4, -0.2) is 33.2 Å². The molecule has 0 aliphatic heterocycles. The normalized spacial score (nSPS) is 12.7. The Morgan fingerprint density at radius 3 is 2.27 bits per heavy atom. The van der Waals surface area contributed by atoms with Crippen molar-refractivity contribution < 1.29 is 8.42 Å². The lowest BCUT2D eigenvalue weighted by Gasteiger charge is -2.22. The number of guanidine groups is 1. The summed E-state index contributed by atoms with van der Waals surface area (Å²) in [6.45, 7) is 8.52. The van der Waals surface area contributed by atoms with Gasteiger partial charge in [-0.3, -0.25) is 4.99 Å². The molecular formula is C22H32N4O2S2. The molecule has 0 amide bonds. The SMILES string of the molecule is CN=C(NCc1ccc(C)cc1SC)NCc1ccccc1S(=O)(=O)NC(C)(C)C. The van der Waals surface area contributed by atoms with Gasteiger partial charge in [0.2, 0.25) is 10.0 Å². The maximum Gasteiger partial charge on any atom is 0.241 e. The second-order valence-corrected chi connectivity index (χ2v) is 10.6. The van der Waals surface area contributed by atoms with Gasteiger partial charge in [-0.2, -0.15) is 0 Å². The molecule has 30 heavy (non-hydrogen) atoms. The summed E-state index contributed by atoms with van der Waals surface area (Å²) in [5.74, 6) is 0.610. The minimum atomic E-state index is -3.62. The average molecular weight is 449 g/mol. The number of thioether (sulfide) groups is 1.